The van der Waals surface area contributed by atoms with E-state index in [9.17, 15) is 0 Å². The lowest BCUT2D eigenvalue weighted by atomic mass is 10.4. The summed E-state index contributed by atoms with van der Waals surface area (Å²) >= 11 is 0. The summed E-state index contributed by atoms with van der Waals surface area (Å²) in [5.74, 6) is -1.49. The van der Waals surface area contributed by atoms with Crippen LogP contribution in [0.1, 0.15) is 0 Å². The highest BCUT2D eigenvalue weighted by atomic mass is 31.2. The van der Waals surface area contributed by atoms with E-state index in [0.29, 0.717) is 0 Å². The lowest BCUT2D eigenvalue weighted by Gasteiger charge is -2.17. The van der Waals surface area contributed by atoms with Crippen LogP contribution in [-0.2, 0) is 4.52 Å². The van der Waals surface area contributed by atoms with Gasteiger partial charge in [0, 0.05) is 0 Å². The van der Waals surface area contributed by atoms with Crippen molar-refractivity contribution in [2.24, 2.45) is 17.2 Å². The Balaban J connectivity index is 3.28. The number of rotatable bonds is 3. The Bertz CT molecular complexity index is 81.6. The molecule has 9 heavy (non-hydrogen) atoms. The van der Waals surface area contributed by atoms with Gasteiger partial charge in [-0.25, -0.2) is 0 Å². The fraction of sp³-hybridized carbons (Fsp3) is 1.00. The van der Waals surface area contributed by atoms with E-state index in [1.165, 1.54) is 0 Å². The van der Waals surface area contributed by atoms with Crippen LogP contribution in [-0.4, -0.2) is 22.2 Å². The third kappa shape index (κ3) is 8.19. The fourth-order valence-corrected chi connectivity index (χ4v) is 0.509. The van der Waals surface area contributed by atoms with Crippen molar-refractivity contribution in [3.63, 3.8) is 0 Å². The molecule has 0 aromatic heterocycles. The molecule has 0 aliphatic heterocycles. The zero-order chi connectivity index (χ0) is 7.49. The molecule has 8 N–H and O–H groups in total. The topological polar surface area (TPSA) is 128 Å². The Morgan fingerprint density at radius 1 is 1.33 bits per heavy atom. The maximum absolute atomic E-state index is 8.15. The molecular formula is C2H10N3O3P. The van der Waals surface area contributed by atoms with Crippen molar-refractivity contribution in [3.05, 3.63) is 0 Å². The Hall–Kier alpha value is 0.190. The third-order valence-corrected chi connectivity index (χ3v) is 0.790. The Kier molecular flexibility index (Phi) is 3.45. The van der Waals surface area contributed by atoms with Crippen LogP contribution in [0.3, 0.4) is 0 Å². The van der Waals surface area contributed by atoms with Crippen molar-refractivity contribution in [2.75, 3.05) is 6.61 Å². The highest BCUT2D eigenvalue weighted by Crippen LogP contribution is 2.23. The van der Waals surface area contributed by atoms with Crippen molar-refractivity contribution in [2.45, 2.75) is 5.79 Å². The summed E-state index contributed by atoms with van der Waals surface area (Å²) in [5.41, 5.74) is 15.0. The van der Waals surface area contributed by atoms with Crippen molar-refractivity contribution in [3.8, 4) is 0 Å². The minimum atomic E-state index is -2.40. The van der Waals surface area contributed by atoms with E-state index in [0.717, 1.165) is 0 Å². The van der Waals surface area contributed by atoms with Gasteiger partial charge < -0.3 is 14.3 Å². The van der Waals surface area contributed by atoms with Gasteiger partial charge in [0.05, 0.1) is 0 Å². The van der Waals surface area contributed by atoms with Crippen LogP contribution in [0.5, 0.6) is 0 Å². The maximum atomic E-state index is 8.15. The molecular weight excluding hydrogens is 145 g/mol. The zero-order valence-electron chi connectivity index (χ0n) is 4.69. The molecule has 0 saturated heterocycles. The molecule has 7 heteroatoms. The molecule has 0 aliphatic carbocycles. The molecule has 0 aromatic carbocycles. The predicted molar refractivity (Wildman–Crippen MR) is 32.6 cm³/mol. The molecule has 0 atom stereocenters. The summed E-state index contributed by atoms with van der Waals surface area (Å²) in [6.07, 6.45) is 0. The molecule has 0 radical (unpaired) electrons. The second-order valence-corrected chi connectivity index (χ2v) is 2.40. The van der Waals surface area contributed by atoms with Crippen LogP contribution >= 0.6 is 8.60 Å². The van der Waals surface area contributed by atoms with E-state index in [4.69, 9.17) is 27.0 Å². The van der Waals surface area contributed by atoms with E-state index in [2.05, 4.69) is 4.52 Å². The summed E-state index contributed by atoms with van der Waals surface area (Å²) < 4.78 is 4.21. The smallest absolute Gasteiger partial charge is 0.327 e. The minimum Gasteiger partial charge on any atom is -0.328 e. The van der Waals surface area contributed by atoms with Gasteiger partial charge in [0.25, 0.3) is 0 Å². The fourth-order valence-electron chi connectivity index (χ4n) is 0.170. The lowest BCUT2D eigenvalue weighted by molar-refractivity contribution is 0.194. The summed E-state index contributed by atoms with van der Waals surface area (Å²) in [4.78, 5) is 16.3. The molecule has 0 aliphatic rings. The molecule has 0 unspecified atom stereocenters. The van der Waals surface area contributed by atoms with Gasteiger partial charge in [-0.15, -0.1) is 0 Å². The Morgan fingerprint density at radius 3 is 1.89 bits per heavy atom. The summed E-state index contributed by atoms with van der Waals surface area (Å²) in [7, 11) is -2.40. The third-order valence-electron chi connectivity index (χ3n) is 0.430. The Morgan fingerprint density at radius 2 is 1.78 bits per heavy atom. The monoisotopic (exact) mass is 155 g/mol. The highest BCUT2D eigenvalue weighted by Gasteiger charge is 2.13. The van der Waals surface area contributed by atoms with Gasteiger partial charge in [-0.3, -0.25) is 17.2 Å². The summed E-state index contributed by atoms with van der Waals surface area (Å²) in [5, 5.41) is 0. The molecule has 0 aromatic rings. The van der Waals surface area contributed by atoms with E-state index in [1.807, 2.05) is 0 Å². The quantitative estimate of drug-likeness (QED) is 0.231. The van der Waals surface area contributed by atoms with E-state index < -0.39 is 14.4 Å². The van der Waals surface area contributed by atoms with Crippen LogP contribution in [0, 0.1) is 0 Å². The molecule has 0 fully saturated rings. The molecule has 56 valence electrons. The first kappa shape index (κ1) is 9.19. The van der Waals surface area contributed by atoms with Crippen LogP contribution < -0.4 is 17.2 Å². The van der Waals surface area contributed by atoms with Gasteiger partial charge in [-0.2, -0.15) is 0 Å². The van der Waals surface area contributed by atoms with Crippen LogP contribution in [0.4, 0.5) is 0 Å². The largest absolute Gasteiger partial charge is 0.328 e. The van der Waals surface area contributed by atoms with Crippen LogP contribution in [0.25, 0.3) is 0 Å². The lowest BCUT2D eigenvalue weighted by Crippen LogP contribution is -2.61. The summed E-state index contributed by atoms with van der Waals surface area (Å²) in [6.45, 7) is -0.286. The second-order valence-electron chi connectivity index (χ2n) is 1.64. The van der Waals surface area contributed by atoms with E-state index >= 15 is 0 Å². The highest BCUT2D eigenvalue weighted by molar-refractivity contribution is 7.39. The first-order chi connectivity index (χ1) is 3.92. The van der Waals surface area contributed by atoms with E-state index in [-0.39, 0.29) is 6.61 Å². The van der Waals surface area contributed by atoms with Crippen molar-refractivity contribution in [1.82, 2.24) is 0 Å². The van der Waals surface area contributed by atoms with E-state index in [1.54, 1.807) is 0 Å². The summed E-state index contributed by atoms with van der Waals surface area (Å²) in [6, 6.07) is 0. The van der Waals surface area contributed by atoms with Crippen molar-refractivity contribution < 1.29 is 14.3 Å². The number of hydrogen-bond acceptors (Lipinski definition) is 6. The van der Waals surface area contributed by atoms with Gasteiger partial charge in [0.15, 0.2) is 0 Å². The molecule has 0 amide bonds. The first-order valence-electron chi connectivity index (χ1n) is 2.09. The maximum Gasteiger partial charge on any atom is 0.327 e. The van der Waals surface area contributed by atoms with Gasteiger partial charge in [0.2, 0.25) is 0 Å². The van der Waals surface area contributed by atoms with Gasteiger partial charge in [0.1, 0.15) is 12.4 Å². The standard InChI is InChI=1S/C2H10N3O3P/c3-2(4,5)1-8-9(6)7/h6-7H,1,3-5H2. The predicted octanol–water partition coefficient (Wildman–Crippen LogP) is -2.26. The van der Waals surface area contributed by atoms with Crippen molar-refractivity contribution >= 4 is 8.60 Å². The van der Waals surface area contributed by atoms with Gasteiger partial charge in [-0.05, 0) is 0 Å². The number of nitrogens with two attached hydrogens (primary N) is 3. The molecule has 0 rings (SSSR count). The Labute approximate surface area is 53.6 Å². The molecule has 6 nitrogen and oxygen atoms in total. The zero-order valence-corrected chi connectivity index (χ0v) is 5.58. The van der Waals surface area contributed by atoms with Crippen LogP contribution in [0.2, 0.25) is 0 Å². The normalized spacial score (nSPS) is 12.7. The second kappa shape index (κ2) is 3.38. The first-order valence-corrected chi connectivity index (χ1v) is 3.26. The average molecular weight is 155 g/mol. The molecule has 0 saturated carbocycles. The SMILES string of the molecule is NC(N)(N)COP(O)O. The van der Waals surface area contributed by atoms with Crippen LogP contribution in [0.15, 0.2) is 0 Å². The number of hydrogen-bond donors (Lipinski definition) is 5. The van der Waals surface area contributed by atoms with Gasteiger partial charge in [-0.1, -0.05) is 0 Å². The molecule has 0 heterocycles. The van der Waals surface area contributed by atoms with Gasteiger partial charge >= 0.3 is 8.60 Å². The minimum absolute atomic E-state index is 0.286. The molecule has 0 bridgehead atoms. The average Bonchev–Trinajstić information content (AvgIpc) is 1.59. The molecule has 0 spiro atoms. The van der Waals surface area contributed by atoms with Crippen molar-refractivity contribution in [1.29, 1.82) is 0 Å².